The Hall–Kier alpha value is -3.76. The maximum absolute atomic E-state index is 13.8. The monoisotopic (exact) mass is 465 g/mol. The predicted molar refractivity (Wildman–Crippen MR) is 139 cm³/mol. The fourth-order valence-corrected chi connectivity index (χ4v) is 5.21. The van der Waals surface area contributed by atoms with E-state index in [0.717, 1.165) is 59.5 Å². The highest BCUT2D eigenvalue weighted by Crippen LogP contribution is 2.40. The third-order valence-corrected chi connectivity index (χ3v) is 6.84. The second-order valence-corrected chi connectivity index (χ2v) is 9.15. The van der Waals surface area contributed by atoms with Crippen LogP contribution in [-0.2, 0) is 13.0 Å². The lowest BCUT2D eigenvalue weighted by atomic mass is 9.97. The van der Waals surface area contributed by atoms with Crippen LogP contribution in [0.3, 0.4) is 0 Å². The van der Waals surface area contributed by atoms with Gasteiger partial charge in [0.05, 0.1) is 5.69 Å². The van der Waals surface area contributed by atoms with Gasteiger partial charge in [-0.3, -0.25) is 9.20 Å². The maximum atomic E-state index is 13.8. The molecule has 0 atom stereocenters. The number of carbonyl (C=O) groups excluding carboxylic acids is 1. The summed E-state index contributed by atoms with van der Waals surface area (Å²) in [5, 5.41) is 3.80. The summed E-state index contributed by atoms with van der Waals surface area (Å²) >= 11 is 6.20. The number of nitrogens with zero attached hydrogens (tertiary/aromatic N) is 2. The number of halogens is 1. The van der Waals surface area contributed by atoms with Crippen LogP contribution in [0.1, 0.15) is 28.9 Å². The average molecular weight is 466 g/mol. The van der Waals surface area contributed by atoms with Crippen LogP contribution in [0.4, 0.5) is 5.69 Å². The quantitative estimate of drug-likeness (QED) is 0.296. The molecule has 34 heavy (non-hydrogen) atoms. The number of anilines is 1. The molecule has 4 nitrogen and oxygen atoms in total. The summed E-state index contributed by atoms with van der Waals surface area (Å²) in [5.41, 5.74) is 8.07. The molecule has 0 aliphatic carbocycles. The molecular formula is C29H24ClN3O. The zero-order valence-electron chi connectivity index (χ0n) is 18.7. The number of para-hydroxylation sites is 1. The minimum absolute atomic E-state index is 0.116. The first-order valence-electron chi connectivity index (χ1n) is 11.6. The van der Waals surface area contributed by atoms with Gasteiger partial charge in [0.25, 0.3) is 5.91 Å². The first kappa shape index (κ1) is 20.8. The molecule has 1 amide bonds. The normalized spacial score (nSPS) is 13.1. The van der Waals surface area contributed by atoms with Crippen LogP contribution >= 0.6 is 11.6 Å². The zero-order chi connectivity index (χ0) is 23.1. The van der Waals surface area contributed by atoms with E-state index in [2.05, 4.69) is 44.7 Å². The lowest BCUT2D eigenvalue weighted by molar-refractivity contribution is 0.102. The summed E-state index contributed by atoms with van der Waals surface area (Å²) < 4.78 is 4.49. The number of amides is 1. The Morgan fingerprint density at radius 1 is 0.824 bits per heavy atom. The van der Waals surface area contributed by atoms with Gasteiger partial charge in [-0.15, -0.1) is 0 Å². The van der Waals surface area contributed by atoms with E-state index < -0.39 is 0 Å². The highest BCUT2D eigenvalue weighted by Gasteiger charge is 2.29. The molecule has 0 saturated carbocycles. The molecule has 2 aromatic heterocycles. The van der Waals surface area contributed by atoms with Gasteiger partial charge in [0.15, 0.2) is 0 Å². The predicted octanol–water partition coefficient (Wildman–Crippen LogP) is 7.32. The van der Waals surface area contributed by atoms with Gasteiger partial charge in [-0.25, -0.2) is 0 Å². The van der Waals surface area contributed by atoms with Gasteiger partial charge >= 0.3 is 0 Å². The summed E-state index contributed by atoms with van der Waals surface area (Å²) in [5.74, 6) is -0.116. The van der Waals surface area contributed by atoms with Crippen LogP contribution in [0, 0.1) is 0 Å². The molecule has 3 aromatic carbocycles. The summed E-state index contributed by atoms with van der Waals surface area (Å²) in [6.45, 7) is 0.928. The lowest BCUT2D eigenvalue weighted by Gasteiger charge is -2.10. The number of nitrogens with one attached hydrogen (secondary N) is 1. The molecule has 0 saturated heterocycles. The molecule has 0 unspecified atom stereocenters. The van der Waals surface area contributed by atoms with E-state index in [1.807, 2.05) is 60.7 Å². The summed E-state index contributed by atoms with van der Waals surface area (Å²) in [6.07, 6.45) is 5.23. The smallest absolute Gasteiger partial charge is 0.273 e. The summed E-state index contributed by atoms with van der Waals surface area (Å²) in [6, 6.07) is 27.9. The molecule has 3 heterocycles. The molecule has 5 aromatic rings. The minimum atomic E-state index is -0.116. The zero-order valence-corrected chi connectivity index (χ0v) is 19.4. The average Bonchev–Trinajstić information content (AvgIpc) is 3.29. The first-order valence-corrected chi connectivity index (χ1v) is 12.0. The summed E-state index contributed by atoms with van der Waals surface area (Å²) in [7, 11) is 0. The number of benzene rings is 3. The molecule has 0 spiro atoms. The molecule has 0 radical (unpaired) electrons. The van der Waals surface area contributed by atoms with E-state index >= 15 is 0 Å². The molecule has 168 valence electrons. The topological polar surface area (TPSA) is 38.4 Å². The van der Waals surface area contributed by atoms with Gasteiger partial charge in [-0.1, -0.05) is 72.3 Å². The number of hydrogen-bond acceptors (Lipinski definition) is 1. The Kier molecular flexibility index (Phi) is 5.23. The van der Waals surface area contributed by atoms with Crippen molar-refractivity contribution in [3.63, 3.8) is 0 Å². The number of hydrogen-bond donors (Lipinski definition) is 1. The fraction of sp³-hybridized carbons (Fsp3) is 0.138. The Balaban J connectivity index is 1.62. The van der Waals surface area contributed by atoms with Crippen LogP contribution in [0.2, 0.25) is 5.02 Å². The number of rotatable bonds is 4. The summed E-state index contributed by atoms with van der Waals surface area (Å²) in [4.78, 5) is 13.8. The van der Waals surface area contributed by atoms with Crippen molar-refractivity contribution < 1.29 is 4.79 Å². The van der Waals surface area contributed by atoms with Crippen molar-refractivity contribution in [3.05, 3.63) is 107 Å². The van der Waals surface area contributed by atoms with E-state index in [1.54, 1.807) is 0 Å². The van der Waals surface area contributed by atoms with Crippen molar-refractivity contribution in [2.45, 2.75) is 25.8 Å². The third-order valence-electron chi connectivity index (χ3n) is 6.58. The Bertz CT molecular complexity index is 1480. The second-order valence-electron chi connectivity index (χ2n) is 8.71. The Labute approximate surface area is 203 Å². The van der Waals surface area contributed by atoms with Crippen molar-refractivity contribution in [2.24, 2.45) is 0 Å². The molecule has 5 heteroatoms. The van der Waals surface area contributed by atoms with Crippen LogP contribution in [0.25, 0.3) is 28.0 Å². The number of aryl methyl sites for hydroxylation is 2. The first-order chi connectivity index (χ1) is 16.7. The molecular weight excluding hydrogens is 442 g/mol. The highest BCUT2D eigenvalue weighted by atomic mass is 35.5. The molecule has 0 bridgehead atoms. The van der Waals surface area contributed by atoms with Crippen LogP contribution in [0.5, 0.6) is 0 Å². The van der Waals surface area contributed by atoms with Gasteiger partial charge in [0.1, 0.15) is 11.3 Å². The van der Waals surface area contributed by atoms with E-state index in [4.69, 9.17) is 11.6 Å². The van der Waals surface area contributed by atoms with E-state index in [9.17, 15) is 4.79 Å². The SMILES string of the molecule is O=C(Nc1ccccc1)c1c(-c2ccc(Cl)cc2)c2c3n(c(-c4ccccc4)cn13)CCCC2. The fourth-order valence-electron chi connectivity index (χ4n) is 5.09. The Morgan fingerprint density at radius 3 is 2.26 bits per heavy atom. The van der Waals surface area contributed by atoms with Gasteiger partial charge in [-0.2, -0.15) is 0 Å². The van der Waals surface area contributed by atoms with Crippen molar-refractivity contribution in [3.8, 4) is 22.4 Å². The van der Waals surface area contributed by atoms with Crippen LogP contribution in [0.15, 0.2) is 91.1 Å². The Morgan fingerprint density at radius 2 is 1.53 bits per heavy atom. The van der Waals surface area contributed by atoms with Crippen molar-refractivity contribution >= 4 is 28.8 Å². The second kappa shape index (κ2) is 8.54. The van der Waals surface area contributed by atoms with Gasteiger partial charge in [-0.05, 0) is 54.7 Å². The van der Waals surface area contributed by atoms with Crippen molar-refractivity contribution in [1.29, 1.82) is 0 Å². The number of carbonyl (C=O) groups is 1. The van der Waals surface area contributed by atoms with E-state index in [-0.39, 0.29) is 5.91 Å². The number of imidazole rings is 1. The largest absolute Gasteiger partial charge is 0.325 e. The molecule has 1 aliphatic rings. The van der Waals surface area contributed by atoms with Crippen LogP contribution < -0.4 is 5.32 Å². The molecule has 6 rings (SSSR count). The third kappa shape index (κ3) is 3.51. The maximum Gasteiger partial charge on any atom is 0.273 e. The number of aromatic nitrogens is 2. The van der Waals surface area contributed by atoms with Gasteiger partial charge in [0.2, 0.25) is 0 Å². The highest BCUT2D eigenvalue weighted by molar-refractivity contribution is 6.30. The van der Waals surface area contributed by atoms with E-state index in [0.29, 0.717) is 10.7 Å². The van der Waals surface area contributed by atoms with E-state index in [1.165, 1.54) is 5.56 Å². The molecule has 1 aliphatic heterocycles. The van der Waals surface area contributed by atoms with Crippen LogP contribution in [-0.4, -0.2) is 14.9 Å². The van der Waals surface area contributed by atoms with Crippen molar-refractivity contribution in [2.75, 3.05) is 5.32 Å². The van der Waals surface area contributed by atoms with Crippen molar-refractivity contribution in [1.82, 2.24) is 8.97 Å². The standard InChI is InChI=1S/C29H24ClN3O/c30-22-16-14-21(15-17-22)26-24-13-7-8-18-32-25(20-9-3-1-4-10-20)19-33(29(24)32)27(26)28(34)31-23-11-5-2-6-12-23/h1-6,9-12,14-17,19H,7-8,13,18H2,(H,31,34). The molecule has 0 fully saturated rings. The lowest BCUT2D eigenvalue weighted by Crippen LogP contribution is -2.15. The minimum Gasteiger partial charge on any atom is -0.325 e. The van der Waals surface area contributed by atoms with Gasteiger partial charge < -0.3 is 9.88 Å². The molecule has 1 N–H and O–H groups in total. The van der Waals surface area contributed by atoms with Gasteiger partial charge in [0, 0.05) is 34.6 Å².